The van der Waals surface area contributed by atoms with Crippen molar-refractivity contribution in [1.29, 1.82) is 0 Å². The molecule has 0 radical (unpaired) electrons. The van der Waals surface area contributed by atoms with E-state index in [1.54, 1.807) is 0 Å². The lowest BCUT2D eigenvalue weighted by Gasteiger charge is -2.18. The molecule has 0 bridgehead atoms. The monoisotopic (exact) mass is 160 g/mol. The summed E-state index contributed by atoms with van der Waals surface area (Å²) in [7, 11) is 0. The van der Waals surface area contributed by atoms with Crippen molar-refractivity contribution in [2.45, 2.75) is 19.0 Å². The van der Waals surface area contributed by atoms with Crippen molar-refractivity contribution in [3.63, 3.8) is 0 Å². The summed E-state index contributed by atoms with van der Waals surface area (Å²) in [6.07, 6.45) is 0.626. The topological polar surface area (TPSA) is 55.2 Å². The van der Waals surface area contributed by atoms with E-state index in [2.05, 4.69) is 5.32 Å². The molecule has 62 valence electrons. The van der Waals surface area contributed by atoms with Gasteiger partial charge in [-0.1, -0.05) is 0 Å². The molecule has 1 aliphatic heterocycles. The fourth-order valence-electron chi connectivity index (χ4n) is 1.02. The highest BCUT2D eigenvalue weighted by Gasteiger charge is 2.19. The van der Waals surface area contributed by atoms with E-state index in [1.165, 1.54) is 0 Å². The van der Waals surface area contributed by atoms with Crippen LogP contribution in [0.25, 0.3) is 0 Å². The Labute approximate surface area is 63.2 Å². The highest BCUT2D eigenvalue weighted by Crippen LogP contribution is 2.14. The normalized spacial score (nSPS) is 28.1. The predicted molar refractivity (Wildman–Crippen MR) is 37.2 cm³/mol. The number of nitrogens with one attached hydrogen (secondary N) is 1. The van der Waals surface area contributed by atoms with Crippen LogP contribution in [-0.2, 0) is 0 Å². The number of nitrogens with zero attached hydrogens (tertiary/aromatic N) is 1. The largest absolute Gasteiger partial charge is 0.381 e. The summed E-state index contributed by atoms with van der Waals surface area (Å²) < 4.78 is 12.8. The highest BCUT2D eigenvalue weighted by molar-refractivity contribution is 5.04. The molecule has 1 fully saturated rings. The summed E-state index contributed by atoms with van der Waals surface area (Å²) in [5.41, 5.74) is 0.0984. The molecule has 11 heavy (non-hydrogen) atoms. The maximum absolute atomic E-state index is 12.8. The third kappa shape index (κ3) is 2.18. The quantitative estimate of drug-likeness (QED) is 0.456. The van der Waals surface area contributed by atoms with Gasteiger partial charge in [-0.05, 0) is 12.8 Å². The number of hydrogen-bond donors (Lipinski definition) is 1. The van der Waals surface area contributed by atoms with Crippen LogP contribution in [0, 0.1) is 10.1 Å². The Kier molecular flexibility index (Phi) is 2.40. The minimum Gasteiger partial charge on any atom is -0.381 e. The van der Waals surface area contributed by atoms with E-state index in [0.29, 0.717) is 19.2 Å². The van der Waals surface area contributed by atoms with Gasteiger partial charge in [0.15, 0.2) is 0 Å². The molecule has 0 aromatic rings. The van der Waals surface area contributed by atoms with Crippen LogP contribution in [0.1, 0.15) is 12.8 Å². The van der Waals surface area contributed by atoms with Crippen LogP contribution in [-0.4, -0.2) is 17.6 Å². The molecule has 0 saturated carbocycles. The van der Waals surface area contributed by atoms with Gasteiger partial charge in [-0.3, -0.25) is 10.1 Å². The van der Waals surface area contributed by atoms with E-state index < -0.39 is 11.1 Å². The summed E-state index contributed by atoms with van der Waals surface area (Å²) in [4.78, 5) is 9.30. The third-order valence-corrected chi connectivity index (χ3v) is 1.55. The van der Waals surface area contributed by atoms with Gasteiger partial charge in [0.1, 0.15) is 11.9 Å². The second-order valence-electron chi connectivity index (χ2n) is 2.41. The molecule has 0 amide bonds. The van der Waals surface area contributed by atoms with Crippen LogP contribution in [0.2, 0.25) is 0 Å². The van der Waals surface area contributed by atoms with Gasteiger partial charge in [0.05, 0.1) is 4.92 Å². The molecular formula is C6H9FN2O2. The molecule has 0 aromatic heterocycles. The van der Waals surface area contributed by atoms with Gasteiger partial charge < -0.3 is 5.32 Å². The van der Waals surface area contributed by atoms with Crippen LogP contribution in [0.4, 0.5) is 4.39 Å². The maximum Gasteiger partial charge on any atom is 0.256 e. The highest BCUT2D eigenvalue weighted by atomic mass is 19.1. The van der Waals surface area contributed by atoms with Crippen molar-refractivity contribution >= 4 is 0 Å². The number of halogens is 1. The second-order valence-corrected chi connectivity index (χ2v) is 2.41. The van der Waals surface area contributed by atoms with E-state index in [1.807, 2.05) is 0 Å². The first-order valence-corrected chi connectivity index (χ1v) is 3.43. The Morgan fingerprint density at radius 1 is 1.82 bits per heavy atom. The zero-order chi connectivity index (χ0) is 8.27. The van der Waals surface area contributed by atoms with Gasteiger partial charge in [-0.25, -0.2) is 4.39 Å². The molecule has 1 heterocycles. The lowest BCUT2D eigenvalue weighted by molar-refractivity contribution is -0.404. The van der Waals surface area contributed by atoms with Crippen molar-refractivity contribution < 1.29 is 9.31 Å². The van der Waals surface area contributed by atoms with Crippen LogP contribution >= 0.6 is 0 Å². The first-order valence-electron chi connectivity index (χ1n) is 3.43. The lowest BCUT2D eigenvalue weighted by atomic mass is 10.1. The summed E-state index contributed by atoms with van der Waals surface area (Å²) in [5.74, 6) is 0. The van der Waals surface area contributed by atoms with Crippen molar-refractivity contribution in [2.75, 3.05) is 6.54 Å². The minimum absolute atomic E-state index is 0.0984. The number of hydrogen-bond acceptors (Lipinski definition) is 3. The van der Waals surface area contributed by atoms with Crippen LogP contribution in [0.3, 0.4) is 0 Å². The SMILES string of the molecule is O=[N+]([O-])/C=C1\NCCCC1F. The zero-order valence-electron chi connectivity index (χ0n) is 5.92. The van der Waals surface area contributed by atoms with E-state index in [0.717, 1.165) is 6.42 Å². The molecule has 1 N–H and O–H groups in total. The molecule has 0 aliphatic carbocycles. The molecule has 1 aliphatic rings. The summed E-state index contributed by atoms with van der Waals surface area (Å²) >= 11 is 0. The van der Waals surface area contributed by atoms with Crippen molar-refractivity contribution in [1.82, 2.24) is 5.32 Å². The van der Waals surface area contributed by atoms with Gasteiger partial charge in [-0.2, -0.15) is 0 Å². The van der Waals surface area contributed by atoms with Crippen LogP contribution < -0.4 is 5.32 Å². The van der Waals surface area contributed by atoms with Gasteiger partial charge in [0.2, 0.25) is 0 Å². The van der Waals surface area contributed by atoms with Gasteiger partial charge in [0.25, 0.3) is 6.20 Å². The summed E-state index contributed by atoms with van der Waals surface area (Å²) in [6, 6.07) is 0. The first kappa shape index (κ1) is 7.97. The van der Waals surface area contributed by atoms with Gasteiger partial charge >= 0.3 is 0 Å². The number of rotatable bonds is 1. The molecule has 1 saturated heterocycles. The van der Waals surface area contributed by atoms with E-state index in [-0.39, 0.29) is 5.70 Å². The zero-order valence-corrected chi connectivity index (χ0v) is 5.92. The van der Waals surface area contributed by atoms with E-state index in [9.17, 15) is 14.5 Å². The minimum atomic E-state index is -1.19. The number of nitro groups is 1. The molecule has 0 aromatic carbocycles. The van der Waals surface area contributed by atoms with Crippen LogP contribution in [0.5, 0.6) is 0 Å². The van der Waals surface area contributed by atoms with E-state index >= 15 is 0 Å². The van der Waals surface area contributed by atoms with Crippen LogP contribution in [0.15, 0.2) is 11.9 Å². The van der Waals surface area contributed by atoms with Crippen molar-refractivity contribution in [2.24, 2.45) is 0 Å². The average Bonchev–Trinajstić information content (AvgIpc) is 1.93. The molecule has 0 spiro atoms. The van der Waals surface area contributed by atoms with Gasteiger partial charge in [0, 0.05) is 6.54 Å². The Morgan fingerprint density at radius 2 is 2.55 bits per heavy atom. The standard InChI is InChI=1S/C6H9FN2O2/c7-5-2-1-3-8-6(5)4-9(10)11/h4-5,8H,1-3H2/b6-4-. The molecule has 5 heteroatoms. The molecule has 1 atom stereocenters. The Bertz CT molecular complexity index is 193. The van der Waals surface area contributed by atoms with Crippen molar-refractivity contribution in [3.8, 4) is 0 Å². The molecule has 4 nitrogen and oxygen atoms in total. The molecule has 1 rings (SSSR count). The number of piperidine rings is 1. The first-order chi connectivity index (χ1) is 5.20. The Balaban J connectivity index is 2.60. The molecular weight excluding hydrogens is 151 g/mol. The summed E-state index contributed by atoms with van der Waals surface area (Å²) in [5, 5.41) is 12.6. The van der Waals surface area contributed by atoms with Crippen molar-refractivity contribution in [3.05, 3.63) is 22.0 Å². The Hall–Kier alpha value is -1.13. The predicted octanol–water partition coefficient (Wildman–Crippen LogP) is 0.826. The number of alkyl halides is 1. The second kappa shape index (κ2) is 3.32. The lowest BCUT2D eigenvalue weighted by Crippen LogP contribution is -2.29. The molecule has 1 unspecified atom stereocenters. The summed E-state index contributed by atoms with van der Waals surface area (Å²) in [6.45, 7) is 0.625. The Morgan fingerprint density at radius 3 is 3.09 bits per heavy atom. The fourth-order valence-corrected chi connectivity index (χ4v) is 1.02. The fraction of sp³-hybridized carbons (Fsp3) is 0.667. The average molecular weight is 160 g/mol. The maximum atomic E-state index is 12.8. The van der Waals surface area contributed by atoms with Gasteiger partial charge in [-0.15, -0.1) is 0 Å². The van der Waals surface area contributed by atoms with E-state index in [4.69, 9.17) is 0 Å². The smallest absolute Gasteiger partial charge is 0.256 e. The third-order valence-electron chi connectivity index (χ3n) is 1.55. The number of allylic oxidation sites excluding steroid dienone is 1.